The fourth-order valence-electron chi connectivity index (χ4n) is 4.00. The molecule has 7 heteroatoms. The molecule has 3 heterocycles. The zero-order valence-electron chi connectivity index (χ0n) is 17.8. The summed E-state index contributed by atoms with van der Waals surface area (Å²) in [6.07, 6.45) is 4.87. The summed E-state index contributed by atoms with van der Waals surface area (Å²) in [5.41, 5.74) is 2.67. The maximum atomic E-state index is 12.9. The van der Waals surface area contributed by atoms with Gasteiger partial charge in [0.05, 0.1) is 17.2 Å². The van der Waals surface area contributed by atoms with Gasteiger partial charge in [-0.1, -0.05) is 6.07 Å². The van der Waals surface area contributed by atoms with Gasteiger partial charge < -0.3 is 10.6 Å². The van der Waals surface area contributed by atoms with Gasteiger partial charge >= 0.3 is 0 Å². The SMILES string of the molecule is Cc1ccnc(NC(=O)C2CCN(C(C)C(=O)Nc3cccc4ncccc34)CC2)c1. The number of pyridine rings is 2. The molecule has 0 saturated carbocycles. The van der Waals surface area contributed by atoms with E-state index in [0.29, 0.717) is 31.7 Å². The third-order valence-corrected chi connectivity index (χ3v) is 5.90. The zero-order chi connectivity index (χ0) is 21.8. The van der Waals surface area contributed by atoms with Gasteiger partial charge in [0.25, 0.3) is 0 Å². The van der Waals surface area contributed by atoms with Gasteiger partial charge in [-0.15, -0.1) is 0 Å². The molecule has 2 aromatic heterocycles. The maximum absolute atomic E-state index is 12.9. The minimum Gasteiger partial charge on any atom is -0.324 e. The summed E-state index contributed by atoms with van der Waals surface area (Å²) in [5, 5.41) is 6.88. The molecule has 4 rings (SSSR count). The Balaban J connectivity index is 1.33. The number of fused-ring (bicyclic) bond motifs is 1. The van der Waals surface area contributed by atoms with Crippen molar-refractivity contribution in [2.45, 2.75) is 32.7 Å². The fourth-order valence-corrected chi connectivity index (χ4v) is 4.00. The van der Waals surface area contributed by atoms with Crippen LogP contribution < -0.4 is 10.6 Å². The topological polar surface area (TPSA) is 87.2 Å². The smallest absolute Gasteiger partial charge is 0.241 e. The number of carbonyl (C=O) groups is 2. The van der Waals surface area contributed by atoms with Crippen molar-refractivity contribution in [2.24, 2.45) is 5.92 Å². The number of hydrogen-bond donors (Lipinski definition) is 2. The van der Waals surface area contributed by atoms with Crippen LogP contribution in [-0.2, 0) is 9.59 Å². The van der Waals surface area contributed by atoms with Crippen LogP contribution in [0.15, 0.2) is 54.9 Å². The molecule has 1 aliphatic rings. The molecule has 0 radical (unpaired) electrons. The van der Waals surface area contributed by atoms with Crippen molar-refractivity contribution in [1.82, 2.24) is 14.9 Å². The number of hydrogen-bond acceptors (Lipinski definition) is 5. The molecule has 0 bridgehead atoms. The average Bonchev–Trinajstić information content (AvgIpc) is 2.79. The van der Waals surface area contributed by atoms with Crippen LogP contribution in [-0.4, -0.2) is 45.8 Å². The Morgan fingerprint density at radius 2 is 1.84 bits per heavy atom. The first kappa shape index (κ1) is 20.9. The van der Waals surface area contributed by atoms with E-state index in [1.807, 2.05) is 56.3 Å². The predicted octanol–water partition coefficient (Wildman–Crippen LogP) is 3.62. The van der Waals surface area contributed by atoms with Gasteiger partial charge in [-0.05, 0) is 81.7 Å². The second-order valence-electron chi connectivity index (χ2n) is 8.06. The molecule has 1 fully saturated rings. The molecular weight excluding hydrogens is 390 g/mol. The van der Waals surface area contributed by atoms with Crippen molar-refractivity contribution in [1.29, 1.82) is 0 Å². The number of nitrogens with zero attached hydrogens (tertiary/aromatic N) is 3. The lowest BCUT2D eigenvalue weighted by molar-refractivity contribution is -0.123. The molecule has 2 amide bonds. The zero-order valence-corrected chi connectivity index (χ0v) is 17.8. The molecule has 2 N–H and O–H groups in total. The van der Waals surface area contributed by atoms with Crippen molar-refractivity contribution in [3.8, 4) is 0 Å². The van der Waals surface area contributed by atoms with Gasteiger partial charge in [0.2, 0.25) is 11.8 Å². The van der Waals surface area contributed by atoms with Gasteiger partial charge in [-0.3, -0.25) is 19.5 Å². The number of carbonyl (C=O) groups excluding carboxylic acids is 2. The van der Waals surface area contributed by atoms with Crippen LogP contribution in [0.2, 0.25) is 0 Å². The number of benzene rings is 1. The van der Waals surface area contributed by atoms with Crippen LogP contribution in [0.1, 0.15) is 25.3 Å². The Morgan fingerprint density at radius 3 is 2.61 bits per heavy atom. The molecule has 7 nitrogen and oxygen atoms in total. The molecule has 1 saturated heterocycles. The largest absolute Gasteiger partial charge is 0.324 e. The normalized spacial score (nSPS) is 16.1. The first-order valence-electron chi connectivity index (χ1n) is 10.6. The minimum absolute atomic E-state index is 0.00175. The number of aromatic nitrogens is 2. The quantitative estimate of drug-likeness (QED) is 0.662. The number of nitrogens with one attached hydrogen (secondary N) is 2. The lowest BCUT2D eigenvalue weighted by Gasteiger charge is -2.34. The van der Waals surface area contributed by atoms with E-state index in [2.05, 4.69) is 25.5 Å². The molecule has 0 spiro atoms. The average molecular weight is 418 g/mol. The van der Waals surface area contributed by atoms with E-state index in [0.717, 1.165) is 22.2 Å². The van der Waals surface area contributed by atoms with Gasteiger partial charge in [0, 0.05) is 23.7 Å². The predicted molar refractivity (Wildman–Crippen MR) is 122 cm³/mol. The third kappa shape index (κ3) is 4.88. The summed E-state index contributed by atoms with van der Waals surface area (Å²) in [4.78, 5) is 36.2. The standard InChI is InChI=1S/C24H27N5O2/c1-16-8-12-26-22(15-16)28-24(31)18-9-13-29(14-10-18)17(2)23(30)27-21-7-3-6-20-19(21)5-4-11-25-20/h3-8,11-12,15,17-18H,9-10,13-14H2,1-2H3,(H,27,30)(H,26,28,31). The van der Waals surface area contributed by atoms with Gasteiger partial charge in [-0.2, -0.15) is 0 Å². The molecule has 1 unspecified atom stereocenters. The van der Waals surface area contributed by atoms with Crippen molar-refractivity contribution in [3.63, 3.8) is 0 Å². The number of likely N-dealkylation sites (tertiary alicyclic amines) is 1. The molecular formula is C24H27N5O2. The van der Waals surface area contributed by atoms with E-state index in [9.17, 15) is 9.59 Å². The summed E-state index contributed by atoms with van der Waals surface area (Å²) < 4.78 is 0. The second kappa shape index (κ2) is 9.22. The van der Waals surface area contributed by atoms with E-state index in [1.165, 1.54) is 0 Å². The van der Waals surface area contributed by atoms with Crippen LogP contribution in [0, 0.1) is 12.8 Å². The highest BCUT2D eigenvalue weighted by molar-refractivity contribution is 6.02. The Bertz CT molecular complexity index is 1090. The highest BCUT2D eigenvalue weighted by Crippen LogP contribution is 2.24. The van der Waals surface area contributed by atoms with Crippen molar-refractivity contribution >= 4 is 34.2 Å². The third-order valence-electron chi connectivity index (χ3n) is 5.90. The lowest BCUT2D eigenvalue weighted by atomic mass is 9.95. The Labute approximate surface area is 181 Å². The number of piperidine rings is 1. The molecule has 31 heavy (non-hydrogen) atoms. The summed E-state index contributed by atoms with van der Waals surface area (Å²) in [6.45, 7) is 5.28. The van der Waals surface area contributed by atoms with Crippen LogP contribution in [0.4, 0.5) is 11.5 Å². The molecule has 3 aromatic rings. The van der Waals surface area contributed by atoms with E-state index in [4.69, 9.17) is 0 Å². The molecule has 1 aliphatic heterocycles. The number of anilines is 2. The molecule has 1 atom stereocenters. The Morgan fingerprint density at radius 1 is 1.03 bits per heavy atom. The monoisotopic (exact) mass is 417 g/mol. The van der Waals surface area contributed by atoms with Gasteiger partial charge in [0.15, 0.2) is 0 Å². The van der Waals surface area contributed by atoms with Crippen molar-refractivity contribution < 1.29 is 9.59 Å². The lowest BCUT2D eigenvalue weighted by Crippen LogP contribution is -2.47. The summed E-state index contributed by atoms with van der Waals surface area (Å²) in [6, 6.07) is 13.0. The summed E-state index contributed by atoms with van der Waals surface area (Å²) >= 11 is 0. The van der Waals surface area contributed by atoms with Crippen molar-refractivity contribution in [2.75, 3.05) is 23.7 Å². The van der Waals surface area contributed by atoms with E-state index >= 15 is 0 Å². The van der Waals surface area contributed by atoms with Crippen LogP contribution in [0.25, 0.3) is 10.9 Å². The number of aryl methyl sites for hydroxylation is 1. The fraction of sp³-hybridized carbons (Fsp3) is 0.333. The number of rotatable bonds is 5. The first-order valence-corrected chi connectivity index (χ1v) is 10.6. The highest BCUT2D eigenvalue weighted by Gasteiger charge is 2.30. The minimum atomic E-state index is -0.283. The van der Waals surface area contributed by atoms with Crippen LogP contribution >= 0.6 is 0 Å². The second-order valence-corrected chi connectivity index (χ2v) is 8.06. The van der Waals surface area contributed by atoms with Crippen LogP contribution in [0.3, 0.4) is 0 Å². The maximum Gasteiger partial charge on any atom is 0.241 e. The van der Waals surface area contributed by atoms with Gasteiger partial charge in [-0.25, -0.2) is 4.98 Å². The molecule has 1 aromatic carbocycles. The Hall–Kier alpha value is -3.32. The summed E-state index contributed by atoms with van der Waals surface area (Å²) in [7, 11) is 0. The van der Waals surface area contributed by atoms with Gasteiger partial charge in [0.1, 0.15) is 5.82 Å². The van der Waals surface area contributed by atoms with E-state index < -0.39 is 0 Å². The van der Waals surface area contributed by atoms with E-state index in [1.54, 1.807) is 12.4 Å². The van der Waals surface area contributed by atoms with Crippen molar-refractivity contribution in [3.05, 3.63) is 60.4 Å². The molecule has 0 aliphatic carbocycles. The highest BCUT2D eigenvalue weighted by atomic mass is 16.2. The number of amides is 2. The first-order chi connectivity index (χ1) is 15.0. The molecule has 160 valence electrons. The van der Waals surface area contributed by atoms with E-state index in [-0.39, 0.29) is 23.8 Å². The van der Waals surface area contributed by atoms with Crippen LogP contribution in [0.5, 0.6) is 0 Å². The summed E-state index contributed by atoms with van der Waals surface area (Å²) in [5.74, 6) is 0.462. The Kier molecular flexibility index (Phi) is 6.23.